The highest BCUT2D eigenvalue weighted by Crippen LogP contribution is 2.06. The molecule has 0 saturated carbocycles. The van der Waals surface area contributed by atoms with Crippen molar-refractivity contribution < 1.29 is 0 Å². The smallest absolute Gasteiger partial charge is 0.104 e. The number of hydrogen-bond acceptors (Lipinski definition) is 2. The minimum atomic E-state index is 0.933. The molecule has 0 atom stereocenters. The van der Waals surface area contributed by atoms with Crippen LogP contribution in [-0.2, 0) is 0 Å². The first kappa shape index (κ1) is 13.6. The van der Waals surface area contributed by atoms with Crippen LogP contribution in [0.15, 0.2) is 18.5 Å². The molecule has 0 aromatic carbocycles. The van der Waals surface area contributed by atoms with Crippen LogP contribution in [0.2, 0.25) is 0 Å². The van der Waals surface area contributed by atoms with Crippen LogP contribution in [0.5, 0.6) is 0 Å². The number of nitrogens with one attached hydrogen (secondary N) is 1. The number of hydrogen-bond donors (Lipinski definition) is 1. The van der Waals surface area contributed by atoms with Crippen LogP contribution in [0, 0.1) is 6.92 Å². The lowest BCUT2D eigenvalue weighted by Gasteiger charge is -1.80. The highest BCUT2D eigenvalue weighted by atomic mass is 14.9. The molecule has 2 aromatic rings. The Bertz CT molecular complexity index is 333. The second-order valence-electron chi connectivity index (χ2n) is 2.92. The molecule has 0 unspecified atom stereocenters. The second kappa shape index (κ2) is 7.97. The van der Waals surface area contributed by atoms with E-state index in [2.05, 4.69) is 28.8 Å². The van der Waals surface area contributed by atoms with Gasteiger partial charge < -0.3 is 4.98 Å². The predicted molar refractivity (Wildman–Crippen MR) is 65.9 cm³/mol. The quantitative estimate of drug-likeness (QED) is 0.715. The molecule has 2 heterocycles. The van der Waals surface area contributed by atoms with E-state index in [9.17, 15) is 0 Å². The summed E-state index contributed by atoms with van der Waals surface area (Å²) >= 11 is 0. The van der Waals surface area contributed by atoms with E-state index in [1.54, 1.807) is 12.4 Å². The van der Waals surface area contributed by atoms with Gasteiger partial charge in [0.05, 0.1) is 17.2 Å². The van der Waals surface area contributed by atoms with Crippen LogP contribution in [0.25, 0.3) is 11.0 Å². The Balaban J connectivity index is 0.000000342. The minimum absolute atomic E-state index is 0.933. The fourth-order valence-electron chi connectivity index (χ4n) is 0.984. The van der Waals surface area contributed by atoms with Gasteiger partial charge in [-0.15, -0.1) is 0 Å². The summed E-state index contributed by atoms with van der Waals surface area (Å²) in [5.41, 5.74) is 1.98. The standard InChI is InChI=1S/C7H7N3.C3H8.C2H6/c1-5-9-6-2-3-8-4-7(6)10-5;1-3-2;1-2/h2-4H,1H3,(H,9,10);3H2,1-2H3;1-2H3. The molecule has 3 nitrogen and oxygen atoms in total. The van der Waals surface area contributed by atoms with Crippen LogP contribution in [0.1, 0.15) is 39.9 Å². The van der Waals surface area contributed by atoms with Gasteiger partial charge in [-0.25, -0.2) is 4.98 Å². The number of rotatable bonds is 0. The molecule has 1 N–H and O–H groups in total. The number of nitrogens with zero attached hydrogens (tertiary/aromatic N) is 2. The monoisotopic (exact) mass is 207 g/mol. The summed E-state index contributed by atoms with van der Waals surface area (Å²) in [6, 6.07) is 1.89. The molecule has 84 valence electrons. The van der Waals surface area contributed by atoms with Crippen molar-refractivity contribution in [1.82, 2.24) is 15.0 Å². The molecule has 0 aliphatic heterocycles. The third kappa shape index (κ3) is 4.58. The molecule has 0 spiro atoms. The maximum Gasteiger partial charge on any atom is 0.104 e. The Labute approximate surface area is 92.0 Å². The fourth-order valence-corrected chi connectivity index (χ4v) is 0.984. The van der Waals surface area contributed by atoms with Crippen molar-refractivity contribution in [2.24, 2.45) is 0 Å². The van der Waals surface area contributed by atoms with Gasteiger partial charge in [-0.2, -0.15) is 0 Å². The van der Waals surface area contributed by atoms with Gasteiger partial charge in [0.2, 0.25) is 0 Å². The first-order valence-corrected chi connectivity index (χ1v) is 5.54. The van der Waals surface area contributed by atoms with Gasteiger partial charge in [-0.05, 0) is 13.0 Å². The molecule has 0 bridgehead atoms. The maximum absolute atomic E-state index is 4.22. The van der Waals surface area contributed by atoms with Crippen LogP contribution in [0.4, 0.5) is 0 Å². The van der Waals surface area contributed by atoms with Crippen LogP contribution in [-0.4, -0.2) is 15.0 Å². The van der Waals surface area contributed by atoms with Crippen LogP contribution in [0.3, 0.4) is 0 Å². The molecule has 0 aliphatic rings. The van der Waals surface area contributed by atoms with E-state index in [4.69, 9.17) is 0 Å². The summed E-state index contributed by atoms with van der Waals surface area (Å²) in [4.78, 5) is 11.3. The van der Waals surface area contributed by atoms with Crippen molar-refractivity contribution >= 4 is 11.0 Å². The molecule has 2 aromatic heterocycles. The molecular weight excluding hydrogens is 186 g/mol. The largest absolute Gasteiger partial charge is 0.341 e. The number of aryl methyl sites for hydroxylation is 1. The molecule has 0 fully saturated rings. The Hall–Kier alpha value is -1.38. The third-order valence-corrected chi connectivity index (χ3v) is 1.40. The first-order valence-electron chi connectivity index (χ1n) is 5.54. The SMILES string of the molecule is CC.CCC.Cc1nc2ccncc2[nH]1. The fraction of sp³-hybridized carbons (Fsp3) is 0.500. The normalized spacial score (nSPS) is 8.60. The number of imidazole rings is 1. The minimum Gasteiger partial charge on any atom is -0.341 e. The van der Waals surface area contributed by atoms with Crippen molar-refractivity contribution in [3.05, 3.63) is 24.3 Å². The van der Waals surface area contributed by atoms with Gasteiger partial charge in [0.25, 0.3) is 0 Å². The van der Waals surface area contributed by atoms with Crippen LogP contribution < -0.4 is 0 Å². The van der Waals surface area contributed by atoms with E-state index in [1.165, 1.54) is 6.42 Å². The first-order chi connectivity index (χ1) is 7.27. The number of aromatic nitrogens is 3. The molecule has 2 rings (SSSR count). The van der Waals surface area contributed by atoms with Crippen molar-refractivity contribution in [3.8, 4) is 0 Å². The lowest BCUT2D eigenvalue weighted by atomic mass is 10.4. The van der Waals surface area contributed by atoms with Crippen molar-refractivity contribution in [3.63, 3.8) is 0 Å². The van der Waals surface area contributed by atoms with Gasteiger partial charge >= 0.3 is 0 Å². The number of H-pyrrole nitrogens is 1. The third-order valence-electron chi connectivity index (χ3n) is 1.40. The Kier molecular flexibility index (Phi) is 7.24. The van der Waals surface area contributed by atoms with Crippen molar-refractivity contribution in [2.75, 3.05) is 0 Å². The summed E-state index contributed by atoms with van der Waals surface area (Å²) in [6.45, 7) is 10.2. The van der Waals surface area contributed by atoms with Gasteiger partial charge in [0.15, 0.2) is 0 Å². The average molecular weight is 207 g/mol. The van der Waals surface area contributed by atoms with Gasteiger partial charge in [-0.1, -0.05) is 34.1 Å². The summed E-state index contributed by atoms with van der Waals surface area (Å²) in [5.74, 6) is 0.933. The van der Waals surface area contributed by atoms with E-state index in [0.717, 1.165) is 16.9 Å². The van der Waals surface area contributed by atoms with Gasteiger partial charge in [0.1, 0.15) is 5.82 Å². The molecule has 3 heteroatoms. The molecular formula is C12H21N3. The van der Waals surface area contributed by atoms with E-state index in [-0.39, 0.29) is 0 Å². The Morgan fingerprint density at radius 3 is 2.40 bits per heavy atom. The highest BCUT2D eigenvalue weighted by molar-refractivity contribution is 5.73. The van der Waals surface area contributed by atoms with Crippen LogP contribution >= 0.6 is 0 Å². The second-order valence-corrected chi connectivity index (χ2v) is 2.92. The van der Waals surface area contributed by atoms with Gasteiger partial charge in [-0.3, -0.25) is 4.98 Å². The number of pyridine rings is 1. The molecule has 15 heavy (non-hydrogen) atoms. The summed E-state index contributed by atoms with van der Waals surface area (Å²) in [7, 11) is 0. The maximum atomic E-state index is 4.22. The highest BCUT2D eigenvalue weighted by Gasteiger charge is 1.94. The van der Waals surface area contributed by atoms with Crippen molar-refractivity contribution in [2.45, 2.75) is 41.0 Å². The van der Waals surface area contributed by atoms with E-state index < -0.39 is 0 Å². The molecule has 0 saturated heterocycles. The zero-order valence-corrected chi connectivity index (χ0v) is 10.3. The molecule has 0 aliphatic carbocycles. The Morgan fingerprint density at radius 1 is 1.27 bits per heavy atom. The lowest BCUT2D eigenvalue weighted by Crippen LogP contribution is -1.69. The lowest BCUT2D eigenvalue weighted by molar-refractivity contribution is 1.09. The predicted octanol–water partition coefficient (Wildman–Crippen LogP) is 3.71. The number of fused-ring (bicyclic) bond motifs is 1. The van der Waals surface area contributed by atoms with E-state index in [1.807, 2.05) is 26.8 Å². The zero-order valence-electron chi connectivity index (χ0n) is 10.3. The molecule has 0 radical (unpaired) electrons. The summed E-state index contributed by atoms with van der Waals surface area (Å²) in [6.07, 6.45) is 4.76. The van der Waals surface area contributed by atoms with Crippen molar-refractivity contribution in [1.29, 1.82) is 0 Å². The Morgan fingerprint density at radius 2 is 1.87 bits per heavy atom. The number of aromatic amines is 1. The zero-order chi connectivity index (χ0) is 11.7. The summed E-state index contributed by atoms with van der Waals surface area (Å²) < 4.78 is 0. The van der Waals surface area contributed by atoms with E-state index >= 15 is 0 Å². The van der Waals surface area contributed by atoms with Gasteiger partial charge in [0, 0.05) is 6.20 Å². The van der Waals surface area contributed by atoms with E-state index in [0.29, 0.717) is 0 Å². The topological polar surface area (TPSA) is 41.6 Å². The summed E-state index contributed by atoms with van der Waals surface area (Å²) in [5, 5.41) is 0. The average Bonchev–Trinajstić information content (AvgIpc) is 2.62. The molecule has 0 amide bonds.